The van der Waals surface area contributed by atoms with Crippen LogP contribution in [-0.4, -0.2) is 21.2 Å². The molecule has 0 fully saturated rings. The molecule has 1 amide bonds. The van der Waals surface area contributed by atoms with Crippen molar-refractivity contribution in [2.24, 2.45) is 0 Å². The number of nitrogens with zero attached hydrogens (tertiary/aromatic N) is 2. The van der Waals surface area contributed by atoms with E-state index in [0.717, 1.165) is 12.0 Å². The van der Waals surface area contributed by atoms with E-state index in [4.69, 9.17) is 0 Å². The Kier molecular flexibility index (Phi) is 4.75. The number of rotatable bonds is 5. The van der Waals surface area contributed by atoms with Gasteiger partial charge in [0.25, 0.3) is 11.5 Å². The number of carbonyl (C=O) groups is 1. The molecule has 0 bridgehead atoms. The highest BCUT2D eigenvalue weighted by molar-refractivity contribution is 5.92. The summed E-state index contributed by atoms with van der Waals surface area (Å²) in [6, 6.07) is 12.4. The smallest absolute Gasteiger partial charge is 0.272 e. The molecule has 1 N–H and O–H groups in total. The standard InChI is InChI=1S/C17H21N3O2/c1-4-17(2,3)18-16(22)14-10-11-15(21)20(19-14)12-13-8-6-5-7-9-13/h5-11H,4,12H2,1-3H3,(H,18,22). The zero-order chi connectivity index (χ0) is 16.2. The van der Waals surface area contributed by atoms with E-state index in [1.165, 1.54) is 16.8 Å². The lowest BCUT2D eigenvalue weighted by Crippen LogP contribution is -2.43. The fraction of sp³-hybridized carbons (Fsp3) is 0.353. The van der Waals surface area contributed by atoms with Gasteiger partial charge in [0.2, 0.25) is 0 Å². The van der Waals surface area contributed by atoms with Crippen LogP contribution in [0.4, 0.5) is 0 Å². The molecule has 22 heavy (non-hydrogen) atoms. The Labute approximate surface area is 130 Å². The van der Waals surface area contributed by atoms with Crippen molar-refractivity contribution in [2.75, 3.05) is 0 Å². The van der Waals surface area contributed by atoms with E-state index in [-0.39, 0.29) is 22.7 Å². The summed E-state index contributed by atoms with van der Waals surface area (Å²) in [5.74, 6) is -0.270. The Morgan fingerprint density at radius 3 is 2.50 bits per heavy atom. The Morgan fingerprint density at radius 2 is 1.86 bits per heavy atom. The van der Waals surface area contributed by atoms with Crippen molar-refractivity contribution in [1.29, 1.82) is 0 Å². The molecule has 0 saturated carbocycles. The maximum Gasteiger partial charge on any atom is 0.272 e. The molecular weight excluding hydrogens is 278 g/mol. The van der Waals surface area contributed by atoms with Crippen LogP contribution in [0.5, 0.6) is 0 Å². The minimum atomic E-state index is -0.306. The van der Waals surface area contributed by atoms with Gasteiger partial charge in [-0.1, -0.05) is 37.3 Å². The van der Waals surface area contributed by atoms with Crippen molar-refractivity contribution in [3.63, 3.8) is 0 Å². The van der Waals surface area contributed by atoms with Gasteiger partial charge in [-0.25, -0.2) is 4.68 Å². The first-order chi connectivity index (χ1) is 10.4. The fourth-order valence-corrected chi connectivity index (χ4v) is 1.90. The van der Waals surface area contributed by atoms with Crippen molar-refractivity contribution in [2.45, 2.75) is 39.3 Å². The largest absolute Gasteiger partial charge is 0.346 e. The van der Waals surface area contributed by atoms with Crippen LogP contribution < -0.4 is 10.9 Å². The van der Waals surface area contributed by atoms with Crippen molar-refractivity contribution in [3.05, 3.63) is 64.1 Å². The van der Waals surface area contributed by atoms with Crippen LogP contribution in [0.1, 0.15) is 43.2 Å². The molecule has 0 aliphatic rings. The molecule has 0 aliphatic carbocycles. The van der Waals surface area contributed by atoms with Gasteiger partial charge in [0.05, 0.1) is 6.54 Å². The molecule has 0 atom stereocenters. The molecule has 0 unspecified atom stereocenters. The predicted octanol–water partition coefficient (Wildman–Crippen LogP) is 2.21. The number of hydrogen-bond acceptors (Lipinski definition) is 3. The van der Waals surface area contributed by atoms with E-state index in [0.29, 0.717) is 6.54 Å². The lowest BCUT2D eigenvalue weighted by atomic mass is 10.0. The summed E-state index contributed by atoms with van der Waals surface area (Å²) in [6.07, 6.45) is 0.808. The Bertz CT molecular complexity index is 705. The number of hydrogen-bond donors (Lipinski definition) is 1. The monoisotopic (exact) mass is 299 g/mol. The van der Waals surface area contributed by atoms with Gasteiger partial charge in [0, 0.05) is 11.6 Å². The molecule has 0 spiro atoms. The quantitative estimate of drug-likeness (QED) is 0.920. The summed E-state index contributed by atoms with van der Waals surface area (Å²) in [6.45, 7) is 6.25. The van der Waals surface area contributed by atoms with Crippen LogP contribution in [-0.2, 0) is 6.54 Å². The van der Waals surface area contributed by atoms with Crippen LogP contribution in [0.3, 0.4) is 0 Å². The topological polar surface area (TPSA) is 64.0 Å². The van der Waals surface area contributed by atoms with E-state index >= 15 is 0 Å². The van der Waals surface area contributed by atoms with Gasteiger partial charge >= 0.3 is 0 Å². The van der Waals surface area contributed by atoms with E-state index in [9.17, 15) is 9.59 Å². The molecule has 2 rings (SSSR count). The first-order valence-electron chi connectivity index (χ1n) is 7.36. The van der Waals surface area contributed by atoms with Gasteiger partial charge in [0.1, 0.15) is 5.69 Å². The van der Waals surface area contributed by atoms with Crippen molar-refractivity contribution < 1.29 is 4.79 Å². The summed E-state index contributed by atoms with van der Waals surface area (Å²) in [4.78, 5) is 24.2. The average molecular weight is 299 g/mol. The third-order valence-corrected chi connectivity index (χ3v) is 3.61. The van der Waals surface area contributed by atoms with E-state index in [1.807, 2.05) is 51.1 Å². The summed E-state index contributed by atoms with van der Waals surface area (Å²) in [5.41, 5.74) is 0.676. The van der Waals surface area contributed by atoms with Crippen LogP contribution in [0, 0.1) is 0 Å². The number of nitrogens with one attached hydrogen (secondary N) is 1. The Morgan fingerprint density at radius 1 is 1.18 bits per heavy atom. The number of carbonyl (C=O) groups excluding carboxylic acids is 1. The number of aromatic nitrogens is 2. The molecule has 0 aliphatic heterocycles. The summed E-state index contributed by atoms with van der Waals surface area (Å²) in [5, 5.41) is 7.09. The second-order valence-corrected chi connectivity index (χ2v) is 5.89. The highest BCUT2D eigenvalue weighted by Crippen LogP contribution is 2.08. The predicted molar refractivity (Wildman–Crippen MR) is 85.9 cm³/mol. The molecule has 0 radical (unpaired) electrons. The summed E-state index contributed by atoms with van der Waals surface area (Å²) in [7, 11) is 0. The second-order valence-electron chi connectivity index (χ2n) is 5.89. The lowest BCUT2D eigenvalue weighted by molar-refractivity contribution is 0.0903. The Hall–Kier alpha value is -2.43. The molecule has 2 aromatic rings. The van der Waals surface area contributed by atoms with Crippen LogP contribution in [0.25, 0.3) is 0 Å². The highest BCUT2D eigenvalue weighted by Gasteiger charge is 2.20. The summed E-state index contributed by atoms with van der Waals surface area (Å²) < 4.78 is 1.31. The zero-order valence-electron chi connectivity index (χ0n) is 13.2. The fourth-order valence-electron chi connectivity index (χ4n) is 1.90. The van der Waals surface area contributed by atoms with Crippen molar-refractivity contribution in [3.8, 4) is 0 Å². The molecule has 1 heterocycles. The average Bonchev–Trinajstić information content (AvgIpc) is 2.50. The first-order valence-corrected chi connectivity index (χ1v) is 7.36. The number of benzene rings is 1. The van der Waals surface area contributed by atoms with Gasteiger partial charge in [-0.2, -0.15) is 5.10 Å². The van der Waals surface area contributed by atoms with E-state index < -0.39 is 0 Å². The first kappa shape index (κ1) is 15.9. The molecular formula is C17H21N3O2. The van der Waals surface area contributed by atoms with Gasteiger partial charge in [-0.3, -0.25) is 9.59 Å². The molecule has 0 saturated heterocycles. The van der Waals surface area contributed by atoms with Crippen LogP contribution in [0.2, 0.25) is 0 Å². The normalized spacial score (nSPS) is 11.2. The van der Waals surface area contributed by atoms with Crippen LogP contribution in [0.15, 0.2) is 47.3 Å². The van der Waals surface area contributed by atoms with Crippen molar-refractivity contribution >= 4 is 5.91 Å². The van der Waals surface area contributed by atoms with E-state index in [2.05, 4.69) is 10.4 Å². The molecule has 5 heteroatoms. The Balaban J connectivity index is 2.23. The molecule has 1 aromatic heterocycles. The van der Waals surface area contributed by atoms with Gasteiger partial charge in [-0.15, -0.1) is 0 Å². The maximum absolute atomic E-state index is 12.2. The zero-order valence-corrected chi connectivity index (χ0v) is 13.2. The molecule has 1 aromatic carbocycles. The lowest BCUT2D eigenvalue weighted by Gasteiger charge is -2.24. The highest BCUT2D eigenvalue weighted by atomic mass is 16.2. The minimum Gasteiger partial charge on any atom is -0.346 e. The third kappa shape index (κ3) is 4.04. The SMILES string of the molecule is CCC(C)(C)NC(=O)c1ccc(=O)n(Cc2ccccc2)n1. The second kappa shape index (κ2) is 6.56. The molecule has 116 valence electrons. The van der Waals surface area contributed by atoms with Gasteiger partial charge < -0.3 is 5.32 Å². The number of amides is 1. The summed E-state index contributed by atoms with van der Waals surface area (Å²) >= 11 is 0. The van der Waals surface area contributed by atoms with Crippen molar-refractivity contribution in [1.82, 2.24) is 15.1 Å². The van der Waals surface area contributed by atoms with E-state index in [1.54, 1.807) is 0 Å². The molecule has 5 nitrogen and oxygen atoms in total. The maximum atomic E-state index is 12.2. The third-order valence-electron chi connectivity index (χ3n) is 3.61. The van der Waals surface area contributed by atoms with Crippen LogP contribution >= 0.6 is 0 Å². The van der Waals surface area contributed by atoms with Gasteiger partial charge in [-0.05, 0) is 31.9 Å². The minimum absolute atomic E-state index is 0.227. The van der Waals surface area contributed by atoms with Gasteiger partial charge in [0.15, 0.2) is 0 Å².